The molecule has 0 saturated heterocycles. The zero-order valence-electron chi connectivity index (χ0n) is 8.71. The molecule has 3 nitrogen and oxygen atoms in total. The minimum atomic E-state index is 0.0715. The van der Waals surface area contributed by atoms with Gasteiger partial charge in [-0.1, -0.05) is 25.1 Å². The fourth-order valence-electron chi connectivity index (χ4n) is 1.61. The SMILES string of the molecule is CCCC(=O)Nc1c[nH]c2ccccc12. The smallest absolute Gasteiger partial charge is 0.224 e. The first-order valence-electron chi connectivity index (χ1n) is 5.17. The number of para-hydroxylation sites is 1. The molecular weight excluding hydrogens is 188 g/mol. The van der Waals surface area contributed by atoms with Crippen LogP contribution < -0.4 is 5.32 Å². The van der Waals surface area contributed by atoms with Gasteiger partial charge < -0.3 is 10.3 Å². The number of anilines is 1. The van der Waals surface area contributed by atoms with Crippen LogP contribution in [-0.2, 0) is 4.79 Å². The van der Waals surface area contributed by atoms with Crippen LogP contribution in [0.25, 0.3) is 10.9 Å². The molecule has 2 aromatic rings. The van der Waals surface area contributed by atoms with Crippen LogP contribution in [0.5, 0.6) is 0 Å². The van der Waals surface area contributed by atoms with E-state index in [2.05, 4.69) is 10.3 Å². The summed E-state index contributed by atoms with van der Waals surface area (Å²) in [4.78, 5) is 14.6. The molecule has 1 heterocycles. The molecule has 0 spiro atoms. The van der Waals surface area contributed by atoms with Gasteiger partial charge in [-0.15, -0.1) is 0 Å². The first-order chi connectivity index (χ1) is 7.31. The zero-order valence-corrected chi connectivity index (χ0v) is 8.71. The summed E-state index contributed by atoms with van der Waals surface area (Å²) in [7, 11) is 0. The molecule has 0 fully saturated rings. The second-order valence-corrected chi connectivity index (χ2v) is 3.55. The van der Waals surface area contributed by atoms with E-state index < -0.39 is 0 Å². The van der Waals surface area contributed by atoms with Crippen molar-refractivity contribution >= 4 is 22.5 Å². The highest BCUT2D eigenvalue weighted by molar-refractivity contribution is 6.01. The van der Waals surface area contributed by atoms with E-state index in [9.17, 15) is 4.79 Å². The minimum Gasteiger partial charge on any atom is -0.359 e. The van der Waals surface area contributed by atoms with Crippen LogP contribution in [0.4, 0.5) is 5.69 Å². The number of hydrogen-bond donors (Lipinski definition) is 2. The lowest BCUT2D eigenvalue weighted by molar-refractivity contribution is -0.116. The Morgan fingerprint density at radius 3 is 3.00 bits per heavy atom. The molecule has 3 heteroatoms. The van der Waals surface area contributed by atoms with Crippen molar-refractivity contribution in [1.29, 1.82) is 0 Å². The molecule has 78 valence electrons. The van der Waals surface area contributed by atoms with Gasteiger partial charge in [0.1, 0.15) is 0 Å². The van der Waals surface area contributed by atoms with Gasteiger partial charge in [0, 0.05) is 23.5 Å². The maximum Gasteiger partial charge on any atom is 0.224 e. The molecule has 0 aliphatic carbocycles. The number of fused-ring (bicyclic) bond motifs is 1. The van der Waals surface area contributed by atoms with Crippen molar-refractivity contribution in [3.8, 4) is 0 Å². The summed E-state index contributed by atoms with van der Waals surface area (Å²) >= 11 is 0. The van der Waals surface area contributed by atoms with E-state index in [0.717, 1.165) is 23.0 Å². The molecule has 0 radical (unpaired) electrons. The quantitative estimate of drug-likeness (QED) is 0.789. The number of aromatic amines is 1. The lowest BCUT2D eigenvalue weighted by atomic mass is 10.2. The summed E-state index contributed by atoms with van der Waals surface area (Å²) < 4.78 is 0. The van der Waals surface area contributed by atoms with Gasteiger partial charge in [0.15, 0.2) is 0 Å². The number of carbonyl (C=O) groups is 1. The Labute approximate surface area is 88.5 Å². The first kappa shape index (κ1) is 9.77. The van der Waals surface area contributed by atoms with Gasteiger partial charge in [0.2, 0.25) is 5.91 Å². The van der Waals surface area contributed by atoms with Gasteiger partial charge in [-0.3, -0.25) is 4.79 Å². The zero-order chi connectivity index (χ0) is 10.7. The third-order valence-electron chi connectivity index (χ3n) is 2.34. The standard InChI is InChI=1S/C12H14N2O/c1-2-5-12(15)14-11-8-13-10-7-4-3-6-9(10)11/h3-4,6-8,13H,2,5H2,1H3,(H,14,15). The maximum atomic E-state index is 11.4. The van der Waals surface area contributed by atoms with Crippen LogP contribution in [0, 0.1) is 0 Å². The van der Waals surface area contributed by atoms with Crippen molar-refractivity contribution in [2.24, 2.45) is 0 Å². The molecule has 0 saturated carbocycles. The number of carbonyl (C=O) groups excluding carboxylic acids is 1. The van der Waals surface area contributed by atoms with Gasteiger partial charge >= 0.3 is 0 Å². The molecule has 0 aliphatic rings. The van der Waals surface area contributed by atoms with E-state index in [1.807, 2.05) is 37.4 Å². The molecule has 0 unspecified atom stereocenters. The van der Waals surface area contributed by atoms with Crippen LogP contribution in [0.1, 0.15) is 19.8 Å². The number of amides is 1. The van der Waals surface area contributed by atoms with Crippen molar-refractivity contribution in [2.75, 3.05) is 5.32 Å². The van der Waals surface area contributed by atoms with Gasteiger partial charge in [-0.25, -0.2) is 0 Å². The summed E-state index contributed by atoms with van der Waals surface area (Å²) in [6, 6.07) is 7.92. The van der Waals surface area contributed by atoms with E-state index in [1.54, 1.807) is 0 Å². The molecule has 1 amide bonds. The predicted octanol–water partition coefficient (Wildman–Crippen LogP) is 2.91. The van der Waals surface area contributed by atoms with E-state index in [0.29, 0.717) is 6.42 Å². The Morgan fingerprint density at radius 2 is 2.20 bits per heavy atom. The van der Waals surface area contributed by atoms with Crippen LogP contribution in [0.3, 0.4) is 0 Å². The Kier molecular flexibility index (Phi) is 2.72. The predicted molar refractivity (Wildman–Crippen MR) is 61.8 cm³/mol. The van der Waals surface area contributed by atoms with Crippen LogP contribution >= 0.6 is 0 Å². The van der Waals surface area contributed by atoms with E-state index in [4.69, 9.17) is 0 Å². The molecule has 15 heavy (non-hydrogen) atoms. The van der Waals surface area contributed by atoms with Crippen molar-refractivity contribution in [1.82, 2.24) is 4.98 Å². The highest BCUT2D eigenvalue weighted by Gasteiger charge is 2.05. The van der Waals surface area contributed by atoms with Crippen LogP contribution in [-0.4, -0.2) is 10.9 Å². The number of benzene rings is 1. The summed E-state index contributed by atoms with van der Waals surface area (Å²) in [6.45, 7) is 1.99. The van der Waals surface area contributed by atoms with Gasteiger partial charge in [0.25, 0.3) is 0 Å². The maximum absolute atomic E-state index is 11.4. The molecule has 0 aliphatic heterocycles. The Hall–Kier alpha value is -1.77. The van der Waals surface area contributed by atoms with Crippen molar-refractivity contribution < 1.29 is 4.79 Å². The third kappa shape index (κ3) is 2.01. The summed E-state index contributed by atoms with van der Waals surface area (Å²) in [6.07, 6.45) is 3.27. The van der Waals surface area contributed by atoms with Crippen LogP contribution in [0.15, 0.2) is 30.5 Å². The summed E-state index contributed by atoms with van der Waals surface area (Å²) in [5.74, 6) is 0.0715. The molecule has 2 N–H and O–H groups in total. The average molecular weight is 202 g/mol. The van der Waals surface area contributed by atoms with Crippen molar-refractivity contribution in [2.45, 2.75) is 19.8 Å². The lowest BCUT2D eigenvalue weighted by Gasteiger charge is -2.01. The second kappa shape index (κ2) is 4.17. The second-order valence-electron chi connectivity index (χ2n) is 3.55. The number of H-pyrrole nitrogens is 1. The highest BCUT2D eigenvalue weighted by Crippen LogP contribution is 2.22. The van der Waals surface area contributed by atoms with Crippen molar-refractivity contribution in [3.63, 3.8) is 0 Å². The Bertz CT molecular complexity index is 473. The number of hydrogen-bond acceptors (Lipinski definition) is 1. The van der Waals surface area contributed by atoms with Gasteiger partial charge in [0.05, 0.1) is 5.69 Å². The fourth-order valence-corrected chi connectivity index (χ4v) is 1.61. The number of nitrogens with one attached hydrogen (secondary N) is 2. The molecule has 0 atom stereocenters. The largest absolute Gasteiger partial charge is 0.359 e. The topological polar surface area (TPSA) is 44.9 Å². The molecule has 2 rings (SSSR count). The molecular formula is C12H14N2O. The lowest BCUT2D eigenvalue weighted by Crippen LogP contribution is -2.09. The third-order valence-corrected chi connectivity index (χ3v) is 2.34. The average Bonchev–Trinajstić information content (AvgIpc) is 2.62. The Balaban J connectivity index is 2.25. The molecule has 1 aromatic carbocycles. The summed E-state index contributed by atoms with van der Waals surface area (Å²) in [5.41, 5.74) is 1.91. The van der Waals surface area contributed by atoms with E-state index in [1.165, 1.54) is 0 Å². The minimum absolute atomic E-state index is 0.0715. The molecule has 0 bridgehead atoms. The van der Waals surface area contributed by atoms with Gasteiger partial charge in [-0.05, 0) is 12.5 Å². The Morgan fingerprint density at radius 1 is 1.40 bits per heavy atom. The number of rotatable bonds is 3. The normalized spacial score (nSPS) is 10.5. The fraction of sp³-hybridized carbons (Fsp3) is 0.250. The van der Waals surface area contributed by atoms with Gasteiger partial charge in [-0.2, -0.15) is 0 Å². The number of aromatic nitrogens is 1. The van der Waals surface area contributed by atoms with E-state index >= 15 is 0 Å². The van der Waals surface area contributed by atoms with Crippen LogP contribution in [0.2, 0.25) is 0 Å². The molecule has 1 aromatic heterocycles. The first-order valence-corrected chi connectivity index (χ1v) is 5.17. The van der Waals surface area contributed by atoms with Crippen molar-refractivity contribution in [3.05, 3.63) is 30.5 Å². The monoisotopic (exact) mass is 202 g/mol. The highest BCUT2D eigenvalue weighted by atomic mass is 16.1. The summed E-state index contributed by atoms with van der Waals surface area (Å²) in [5, 5.41) is 3.95. The van der Waals surface area contributed by atoms with E-state index in [-0.39, 0.29) is 5.91 Å².